The van der Waals surface area contributed by atoms with Crippen LogP contribution in [0.4, 0.5) is 18.9 Å². The highest BCUT2D eigenvalue weighted by Gasteiger charge is 2.30. The van der Waals surface area contributed by atoms with Gasteiger partial charge in [0.25, 0.3) is 10.2 Å². The molecule has 0 aliphatic heterocycles. The Bertz CT molecular complexity index is 977. The van der Waals surface area contributed by atoms with Crippen LogP contribution in [0, 0.1) is 0 Å². The molecule has 0 spiro atoms. The number of fused-ring (bicyclic) bond motifs is 3. The van der Waals surface area contributed by atoms with Crippen LogP contribution in [0.25, 0.3) is 21.8 Å². The van der Waals surface area contributed by atoms with Crippen molar-refractivity contribution in [3.05, 3.63) is 42.0 Å². The minimum absolute atomic E-state index is 0.220. The predicted molar refractivity (Wildman–Crippen MR) is 77.5 cm³/mol. The van der Waals surface area contributed by atoms with Gasteiger partial charge in [0.2, 0.25) is 0 Å². The van der Waals surface area contributed by atoms with E-state index in [-0.39, 0.29) is 5.69 Å². The van der Waals surface area contributed by atoms with Gasteiger partial charge in [-0.3, -0.25) is 4.72 Å². The van der Waals surface area contributed by atoms with Gasteiger partial charge in [-0.1, -0.05) is 12.1 Å². The number of nitrogens with two attached hydrogens (primary N) is 1. The third kappa shape index (κ3) is 2.72. The smallest absolute Gasteiger partial charge is 0.354 e. The highest BCUT2D eigenvalue weighted by Crippen LogP contribution is 2.34. The van der Waals surface area contributed by atoms with Gasteiger partial charge >= 0.3 is 6.18 Å². The summed E-state index contributed by atoms with van der Waals surface area (Å²) in [6, 6.07) is 7.96. The lowest BCUT2D eigenvalue weighted by Gasteiger charge is -2.05. The second-order valence-corrected chi connectivity index (χ2v) is 6.08. The Morgan fingerprint density at radius 3 is 2.18 bits per heavy atom. The van der Waals surface area contributed by atoms with Gasteiger partial charge in [0.15, 0.2) is 0 Å². The fourth-order valence-electron chi connectivity index (χ4n) is 2.31. The number of halogens is 3. The summed E-state index contributed by atoms with van der Waals surface area (Å²) in [6.07, 6.45) is -4.42. The maximum atomic E-state index is 12.7. The van der Waals surface area contributed by atoms with Gasteiger partial charge in [0.05, 0.1) is 11.3 Å². The standard InChI is InChI=1S/C13H10F3N3O2S/c14-13(15,16)7-1-3-9-10-4-2-8(19-22(17,20)21)6-12(10)18-11(9)5-7/h1-6,18-19H,(H2,17,20,21). The average Bonchev–Trinajstić information content (AvgIpc) is 2.72. The molecule has 0 amide bonds. The second-order valence-electron chi connectivity index (χ2n) is 4.79. The average molecular weight is 329 g/mol. The SMILES string of the molecule is NS(=O)(=O)Nc1ccc2c(c1)[nH]c1cc(C(F)(F)F)ccc12. The first kappa shape index (κ1) is 14.7. The Hall–Kier alpha value is -2.26. The molecular weight excluding hydrogens is 319 g/mol. The van der Waals surface area contributed by atoms with Crippen molar-refractivity contribution in [2.75, 3.05) is 4.72 Å². The summed E-state index contributed by atoms with van der Waals surface area (Å²) in [5.41, 5.74) is 0.285. The molecular formula is C13H10F3N3O2S. The van der Waals surface area contributed by atoms with Gasteiger partial charge in [0.1, 0.15) is 0 Å². The highest BCUT2D eigenvalue weighted by atomic mass is 32.2. The van der Waals surface area contributed by atoms with Gasteiger partial charge < -0.3 is 4.98 Å². The molecule has 0 saturated carbocycles. The molecule has 0 saturated heterocycles. The molecule has 2 aromatic carbocycles. The molecule has 0 aliphatic rings. The topological polar surface area (TPSA) is 88.0 Å². The second kappa shape index (κ2) is 4.62. The third-order valence-corrected chi connectivity index (χ3v) is 3.71. The molecule has 0 bridgehead atoms. The fourth-order valence-corrected chi connectivity index (χ4v) is 2.77. The number of H-pyrrole nitrogens is 1. The van der Waals surface area contributed by atoms with E-state index in [4.69, 9.17) is 5.14 Å². The molecule has 116 valence electrons. The van der Waals surface area contributed by atoms with Crippen molar-refractivity contribution in [2.45, 2.75) is 6.18 Å². The largest absolute Gasteiger partial charge is 0.416 e. The van der Waals surface area contributed by atoms with E-state index in [0.29, 0.717) is 21.8 Å². The number of benzene rings is 2. The predicted octanol–water partition coefficient (Wildman–Crippen LogP) is 2.96. The van der Waals surface area contributed by atoms with Gasteiger partial charge in [-0.05, 0) is 24.3 Å². The lowest BCUT2D eigenvalue weighted by Crippen LogP contribution is -2.21. The molecule has 0 fully saturated rings. The molecule has 0 radical (unpaired) electrons. The van der Waals surface area contributed by atoms with Crippen molar-refractivity contribution in [2.24, 2.45) is 5.14 Å². The Labute approximate surface area is 123 Å². The first-order chi connectivity index (χ1) is 10.1. The number of aromatic nitrogens is 1. The number of rotatable bonds is 2. The molecule has 3 aromatic rings. The minimum atomic E-state index is -4.42. The van der Waals surface area contributed by atoms with E-state index in [2.05, 4.69) is 9.71 Å². The molecule has 0 atom stereocenters. The van der Waals surface area contributed by atoms with Crippen LogP contribution in [0.15, 0.2) is 36.4 Å². The Morgan fingerprint density at radius 1 is 1.00 bits per heavy atom. The Morgan fingerprint density at radius 2 is 1.59 bits per heavy atom. The van der Waals surface area contributed by atoms with E-state index in [9.17, 15) is 21.6 Å². The molecule has 4 N–H and O–H groups in total. The van der Waals surface area contributed by atoms with Crippen LogP contribution in [0.5, 0.6) is 0 Å². The Kier molecular flexibility index (Phi) is 3.08. The number of anilines is 1. The quantitative estimate of drug-likeness (QED) is 0.675. The minimum Gasteiger partial charge on any atom is -0.354 e. The van der Waals surface area contributed by atoms with E-state index < -0.39 is 21.9 Å². The van der Waals surface area contributed by atoms with E-state index in [1.165, 1.54) is 18.2 Å². The first-order valence-electron chi connectivity index (χ1n) is 6.07. The van der Waals surface area contributed by atoms with Crippen LogP contribution in [0.1, 0.15) is 5.56 Å². The number of hydrogen-bond acceptors (Lipinski definition) is 2. The zero-order chi connectivity index (χ0) is 16.1. The molecule has 22 heavy (non-hydrogen) atoms. The monoisotopic (exact) mass is 329 g/mol. The summed E-state index contributed by atoms with van der Waals surface area (Å²) in [4.78, 5) is 2.84. The fraction of sp³-hybridized carbons (Fsp3) is 0.0769. The molecule has 0 unspecified atom stereocenters. The molecule has 0 aliphatic carbocycles. The summed E-state index contributed by atoms with van der Waals surface area (Å²) < 4.78 is 62.2. The zero-order valence-electron chi connectivity index (χ0n) is 10.9. The van der Waals surface area contributed by atoms with E-state index in [1.807, 2.05) is 0 Å². The summed E-state index contributed by atoms with van der Waals surface area (Å²) in [7, 11) is -3.91. The maximum Gasteiger partial charge on any atom is 0.416 e. The molecule has 1 heterocycles. The normalized spacial score (nSPS) is 12.9. The van der Waals surface area contributed by atoms with Crippen LogP contribution in [-0.4, -0.2) is 13.4 Å². The first-order valence-corrected chi connectivity index (χ1v) is 7.61. The third-order valence-electron chi connectivity index (χ3n) is 3.19. The number of nitrogens with one attached hydrogen (secondary N) is 2. The van der Waals surface area contributed by atoms with Gasteiger partial charge in [-0.25, -0.2) is 5.14 Å². The van der Waals surface area contributed by atoms with Crippen LogP contribution < -0.4 is 9.86 Å². The molecule has 9 heteroatoms. The van der Waals surface area contributed by atoms with Crippen molar-refractivity contribution in [1.29, 1.82) is 0 Å². The van der Waals surface area contributed by atoms with E-state index in [1.54, 1.807) is 6.07 Å². The molecule has 1 aromatic heterocycles. The lowest BCUT2D eigenvalue weighted by molar-refractivity contribution is -0.137. The molecule has 5 nitrogen and oxygen atoms in total. The van der Waals surface area contributed by atoms with Gasteiger partial charge in [0, 0.05) is 21.8 Å². The summed E-state index contributed by atoms with van der Waals surface area (Å²) in [5.74, 6) is 0. The van der Waals surface area contributed by atoms with Gasteiger partial charge in [-0.2, -0.15) is 21.6 Å². The van der Waals surface area contributed by atoms with Gasteiger partial charge in [-0.15, -0.1) is 0 Å². The number of aromatic amines is 1. The van der Waals surface area contributed by atoms with Crippen molar-refractivity contribution in [3.63, 3.8) is 0 Å². The van der Waals surface area contributed by atoms with Crippen LogP contribution in [0.3, 0.4) is 0 Å². The van der Waals surface area contributed by atoms with Crippen molar-refractivity contribution in [1.82, 2.24) is 4.98 Å². The molecule has 3 rings (SSSR count). The van der Waals surface area contributed by atoms with Crippen molar-refractivity contribution < 1.29 is 21.6 Å². The van der Waals surface area contributed by atoms with Crippen LogP contribution in [0.2, 0.25) is 0 Å². The van der Waals surface area contributed by atoms with E-state index >= 15 is 0 Å². The number of alkyl halides is 3. The number of hydrogen-bond donors (Lipinski definition) is 3. The Balaban J connectivity index is 2.16. The summed E-state index contributed by atoms with van der Waals surface area (Å²) >= 11 is 0. The summed E-state index contributed by atoms with van der Waals surface area (Å²) in [6.45, 7) is 0. The van der Waals surface area contributed by atoms with Crippen LogP contribution in [-0.2, 0) is 16.4 Å². The van der Waals surface area contributed by atoms with Crippen molar-refractivity contribution in [3.8, 4) is 0 Å². The van der Waals surface area contributed by atoms with Crippen molar-refractivity contribution >= 4 is 37.7 Å². The highest BCUT2D eigenvalue weighted by molar-refractivity contribution is 7.90. The van der Waals surface area contributed by atoms with E-state index in [0.717, 1.165) is 12.1 Å². The maximum absolute atomic E-state index is 12.7. The summed E-state index contributed by atoms with van der Waals surface area (Å²) in [5, 5.41) is 6.18. The van der Waals surface area contributed by atoms with Crippen LogP contribution >= 0.6 is 0 Å². The lowest BCUT2D eigenvalue weighted by atomic mass is 10.1. The zero-order valence-corrected chi connectivity index (χ0v) is 11.7.